The van der Waals surface area contributed by atoms with Crippen LogP contribution in [0.15, 0.2) is 42.1 Å². The number of likely N-dealkylation sites (N-methyl/N-ethyl adjacent to an activating group) is 1. The molecule has 0 saturated heterocycles. The summed E-state index contributed by atoms with van der Waals surface area (Å²) < 4.78 is 16.2. The molecular weight excluding hydrogens is 420 g/mol. The molecule has 0 aliphatic rings. The Morgan fingerprint density at radius 1 is 0.968 bits per heavy atom. The Morgan fingerprint density at radius 3 is 2.16 bits per heavy atom. The Balaban J connectivity index is 2.58. The number of methoxy groups -OCH3 is 3. The summed E-state index contributed by atoms with van der Waals surface area (Å²) in [5.74, 6) is 0.414. The molecule has 2 rings (SSSR count). The fourth-order valence-electron chi connectivity index (χ4n) is 3.06. The molecule has 8 heteroatoms. The molecule has 0 heterocycles. The summed E-state index contributed by atoms with van der Waals surface area (Å²) >= 11 is 6.15. The van der Waals surface area contributed by atoms with Crippen LogP contribution in [0.2, 0.25) is 5.02 Å². The molecule has 2 aromatic carbocycles. The van der Waals surface area contributed by atoms with Gasteiger partial charge < -0.3 is 24.4 Å². The van der Waals surface area contributed by atoms with E-state index in [2.05, 4.69) is 5.32 Å². The van der Waals surface area contributed by atoms with Gasteiger partial charge in [0.1, 0.15) is 5.70 Å². The lowest BCUT2D eigenvalue weighted by molar-refractivity contribution is -0.127. The average molecular weight is 447 g/mol. The van der Waals surface area contributed by atoms with Crippen LogP contribution in [0.25, 0.3) is 6.08 Å². The summed E-state index contributed by atoms with van der Waals surface area (Å²) in [5, 5.41) is 3.00. The minimum absolute atomic E-state index is 0.0825. The Morgan fingerprint density at radius 2 is 1.61 bits per heavy atom. The van der Waals surface area contributed by atoms with Crippen molar-refractivity contribution in [2.24, 2.45) is 0 Å². The number of benzene rings is 2. The summed E-state index contributed by atoms with van der Waals surface area (Å²) in [6.07, 6.45) is 1.55. The molecule has 0 aliphatic heterocycles. The van der Waals surface area contributed by atoms with Gasteiger partial charge in [-0.2, -0.15) is 0 Å². The van der Waals surface area contributed by atoms with Crippen LogP contribution < -0.4 is 19.5 Å². The van der Waals surface area contributed by atoms with Gasteiger partial charge in [-0.25, -0.2) is 0 Å². The number of carbonyl (C=O) groups is 2. The monoisotopic (exact) mass is 446 g/mol. The number of rotatable bonds is 9. The van der Waals surface area contributed by atoms with Crippen molar-refractivity contribution in [2.45, 2.75) is 13.8 Å². The topological polar surface area (TPSA) is 77.1 Å². The van der Waals surface area contributed by atoms with Crippen molar-refractivity contribution < 1.29 is 23.8 Å². The van der Waals surface area contributed by atoms with Gasteiger partial charge in [-0.15, -0.1) is 0 Å². The van der Waals surface area contributed by atoms with Gasteiger partial charge in [0.05, 0.1) is 31.9 Å². The van der Waals surface area contributed by atoms with Gasteiger partial charge >= 0.3 is 0 Å². The van der Waals surface area contributed by atoms with Crippen LogP contribution in [-0.2, 0) is 4.79 Å². The number of hydrogen-bond acceptors (Lipinski definition) is 5. The third kappa shape index (κ3) is 5.49. The second-order valence-corrected chi connectivity index (χ2v) is 6.80. The lowest BCUT2D eigenvalue weighted by atomic mass is 10.1. The highest BCUT2D eigenvalue weighted by Gasteiger charge is 2.22. The summed E-state index contributed by atoms with van der Waals surface area (Å²) in [6, 6.07) is 10.1. The molecule has 0 radical (unpaired) electrons. The third-order valence-corrected chi connectivity index (χ3v) is 5.01. The predicted octanol–water partition coefficient (Wildman–Crippen LogP) is 4.01. The van der Waals surface area contributed by atoms with E-state index in [0.29, 0.717) is 40.9 Å². The molecule has 0 bridgehead atoms. The van der Waals surface area contributed by atoms with Crippen LogP contribution in [0.1, 0.15) is 29.8 Å². The van der Waals surface area contributed by atoms with Crippen LogP contribution in [-0.4, -0.2) is 51.1 Å². The van der Waals surface area contributed by atoms with Crippen molar-refractivity contribution in [3.63, 3.8) is 0 Å². The van der Waals surface area contributed by atoms with Crippen molar-refractivity contribution in [1.29, 1.82) is 0 Å². The summed E-state index contributed by atoms with van der Waals surface area (Å²) in [5.41, 5.74) is 0.885. The predicted molar refractivity (Wildman–Crippen MR) is 121 cm³/mol. The minimum Gasteiger partial charge on any atom is -0.493 e. The second kappa shape index (κ2) is 11.3. The largest absolute Gasteiger partial charge is 0.493 e. The van der Waals surface area contributed by atoms with Crippen LogP contribution in [0.5, 0.6) is 17.2 Å². The molecule has 0 fully saturated rings. The van der Waals surface area contributed by atoms with E-state index in [4.69, 9.17) is 25.8 Å². The Kier molecular flexibility index (Phi) is 8.75. The Labute approximate surface area is 187 Å². The number of amides is 2. The number of ether oxygens (including phenoxy) is 3. The quantitative estimate of drug-likeness (QED) is 0.589. The first-order valence-electron chi connectivity index (χ1n) is 9.77. The minimum atomic E-state index is -0.489. The van der Waals surface area contributed by atoms with Crippen LogP contribution >= 0.6 is 11.6 Å². The first kappa shape index (κ1) is 24.1. The molecule has 31 heavy (non-hydrogen) atoms. The van der Waals surface area contributed by atoms with Gasteiger partial charge in [0.15, 0.2) is 11.5 Å². The van der Waals surface area contributed by atoms with E-state index in [0.717, 1.165) is 0 Å². The molecule has 7 nitrogen and oxygen atoms in total. The van der Waals surface area contributed by atoms with Crippen LogP contribution in [0.4, 0.5) is 0 Å². The van der Waals surface area contributed by atoms with Gasteiger partial charge in [0.25, 0.3) is 11.8 Å². The highest BCUT2D eigenvalue weighted by atomic mass is 35.5. The SMILES string of the molecule is CCN(CC)C(=O)C(=Cc1ccc(OC)c(OC)c1OC)NC(=O)c1ccccc1Cl. The average Bonchev–Trinajstić information content (AvgIpc) is 2.78. The van der Waals surface area contributed by atoms with Crippen molar-refractivity contribution in [2.75, 3.05) is 34.4 Å². The summed E-state index contributed by atoms with van der Waals surface area (Å²) in [4.78, 5) is 27.6. The van der Waals surface area contributed by atoms with Crippen LogP contribution in [0.3, 0.4) is 0 Å². The van der Waals surface area contributed by atoms with E-state index >= 15 is 0 Å². The molecule has 0 aromatic heterocycles. The van der Waals surface area contributed by atoms with Crippen molar-refractivity contribution in [1.82, 2.24) is 10.2 Å². The van der Waals surface area contributed by atoms with Gasteiger partial charge in [-0.3, -0.25) is 9.59 Å². The van der Waals surface area contributed by atoms with Gasteiger partial charge in [-0.1, -0.05) is 23.7 Å². The van der Waals surface area contributed by atoms with E-state index in [1.807, 2.05) is 13.8 Å². The zero-order valence-corrected chi connectivity index (χ0v) is 19.1. The molecule has 0 aliphatic carbocycles. The lowest BCUT2D eigenvalue weighted by Crippen LogP contribution is -2.38. The fourth-order valence-corrected chi connectivity index (χ4v) is 3.28. The molecular formula is C23H27ClN2O5. The van der Waals surface area contributed by atoms with E-state index in [1.54, 1.807) is 47.4 Å². The number of halogens is 1. The number of carbonyl (C=O) groups excluding carboxylic acids is 2. The zero-order valence-electron chi connectivity index (χ0n) is 18.3. The maximum Gasteiger partial charge on any atom is 0.270 e. The van der Waals surface area contributed by atoms with E-state index in [1.165, 1.54) is 21.3 Å². The molecule has 2 amide bonds. The molecule has 2 aromatic rings. The second-order valence-electron chi connectivity index (χ2n) is 6.39. The Hall–Kier alpha value is -3.19. The van der Waals surface area contributed by atoms with Gasteiger partial charge in [-0.05, 0) is 44.2 Å². The summed E-state index contributed by atoms with van der Waals surface area (Å²) in [6.45, 7) is 4.70. The highest BCUT2D eigenvalue weighted by Crippen LogP contribution is 2.40. The Bertz CT molecular complexity index is 970. The van der Waals surface area contributed by atoms with Crippen molar-refractivity contribution >= 4 is 29.5 Å². The van der Waals surface area contributed by atoms with Crippen molar-refractivity contribution in [3.05, 3.63) is 58.2 Å². The fraction of sp³-hybridized carbons (Fsp3) is 0.304. The lowest BCUT2D eigenvalue weighted by Gasteiger charge is -2.21. The maximum absolute atomic E-state index is 13.2. The molecule has 0 spiro atoms. The molecule has 0 unspecified atom stereocenters. The third-order valence-electron chi connectivity index (χ3n) is 4.68. The summed E-state index contributed by atoms with van der Waals surface area (Å²) in [7, 11) is 4.50. The van der Waals surface area contributed by atoms with E-state index in [9.17, 15) is 9.59 Å². The van der Waals surface area contributed by atoms with Gasteiger partial charge in [0, 0.05) is 18.7 Å². The zero-order chi connectivity index (χ0) is 23.0. The van der Waals surface area contributed by atoms with E-state index in [-0.39, 0.29) is 17.2 Å². The standard InChI is InChI=1S/C23H27ClN2O5/c1-6-26(7-2)23(28)18(25-22(27)16-10-8-9-11-17(16)24)14-15-12-13-19(29-3)21(31-5)20(15)30-4/h8-14H,6-7H2,1-5H3,(H,25,27). The number of nitrogens with one attached hydrogen (secondary N) is 1. The molecule has 0 atom stereocenters. The smallest absolute Gasteiger partial charge is 0.270 e. The first-order valence-corrected chi connectivity index (χ1v) is 10.1. The molecule has 1 N–H and O–H groups in total. The number of hydrogen-bond donors (Lipinski definition) is 1. The maximum atomic E-state index is 13.2. The van der Waals surface area contributed by atoms with Crippen LogP contribution in [0, 0.1) is 0 Å². The molecule has 166 valence electrons. The van der Waals surface area contributed by atoms with E-state index < -0.39 is 5.91 Å². The van der Waals surface area contributed by atoms with Crippen molar-refractivity contribution in [3.8, 4) is 17.2 Å². The van der Waals surface area contributed by atoms with Gasteiger partial charge in [0.2, 0.25) is 5.75 Å². The molecule has 0 saturated carbocycles. The normalized spacial score (nSPS) is 11.0. The first-order chi connectivity index (χ1) is 14.9. The number of nitrogens with zero attached hydrogens (tertiary/aromatic N) is 1. The highest BCUT2D eigenvalue weighted by molar-refractivity contribution is 6.34.